The molecule has 0 bridgehead atoms. The number of aliphatic hydroxyl groups excluding tert-OH is 1. The van der Waals surface area contributed by atoms with Crippen LogP contribution in [0.1, 0.15) is 30.7 Å². The average Bonchev–Trinajstić information content (AvgIpc) is 2.84. The SMILES string of the molecule is CCC(O)c1c(-c2ccc(Cl)cc2Cl)nc2cc(C)ccn12. The lowest BCUT2D eigenvalue weighted by molar-refractivity contribution is 0.168. The predicted octanol–water partition coefficient (Wildman–Crippen LogP) is 5.06. The van der Waals surface area contributed by atoms with Crippen molar-refractivity contribution in [3.8, 4) is 11.3 Å². The largest absolute Gasteiger partial charge is 0.387 e. The summed E-state index contributed by atoms with van der Waals surface area (Å²) in [5.74, 6) is 0. The van der Waals surface area contributed by atoms with Crippen LogP contribution in [0.15, 0.2) is 36.5 Å². The number of benzene rings is 1. The van der Waals surface area contributed by atoms with E-state index < -0.39 is 6.10 Å². The summed E-state index contributed by atoms with van der Waals surface area (Å²) in [4.78, 5) is 4.68. The van der Waals surface area contributed by atoms with Crippen LogP contribution in [0.4, 0.5) is 0 Å². The van der Waals surface area contributed by atoms with Gasteiger partial charge in [-0.25, -0.2) is 4.98 Å². The summed E-state index contributed by atoms with van der Waals surface area (Å²) < 4.78 is 1.92. The molecule has 0 spiro atoms. The van der Waals surface area contributed by atoms with Crippen LogP contribution in [-0.2, 0) is 0 Å². The Morgan fingerprint density at radius 3 is 2.68 bits per heavy atom. The highest BCUT2D eigenvalue weighted by molar-refractivity contribution is 6.36. The van der Waals surface area contributed by atoms with Gasteiger partial charge < -0.3 is 9.51 Å². The molecule has 1 unspecified atom stereocenters. The van der Waals surface area contributed by atoms with Crippen molar-refractivity contribution in [3.63, 3.8) is 0 Å². The third-order valence-electron chi connectivity index (χ3n) is 3.71. The number of hydrogen-bond acceptors (Lipinski definition) is 2. The number of aryl methyl sites for hydroxylation is 1. The number of aliphatic hydroxyl groups is 1. The summed E-state index contributed by atoms with van der Waals surface area (Å²) in [7, 11) is 0. The van der Waals surface area contributed by atoms with Crippen molar-refractivity contribution in [1.82, 2.24) is 9.38 Å². The fourth-order valence-corrected chi connectivity index (χ4v) is 3.05. The van der Waals surface area contributed by atoms with E-state index in [-0.39, 0.29) is 0 Å². The third-order valence-corrected chi connectivity index (χ3v) is 4.25. The molecule has 114 valence electrons. The molecule has 5 heteroatoms. The minimum absolute atomic E-state index is 0.525. The van der Waals surface area contributed by atoms with Crippen LogP contribution in [0.5, 0.6) is 0 Å². The molecule has 3 nitrogen and oxygen atoms in total. The van der Waals surface area contributed by atoms with Gasteiger partial charge >= 0.3 is 0 Å². The molecule has 2 heterocycles. The zero-order valence-electron chi connectivity index (χ0n) is 12.3. The van der Waals surface area contributed by atoms with E-state index in [0.717, 1.165) is 22.5 Å². The van der Waals surface area contributed by atoms with Gasteiger partial charge in [-0.2, -0.15) is 0 Å². The first-order chi connectivity index (χ1) is 10.5. The molecular weight excluding hydrogens is 319 g/mol. The van der Waals surface area contributed by atoms with Crippen molar-refractivity contribution < 1.29 is 5.11 Å². The van der Waals surface area contributed by atoms with Crippen LogP contribution in [0.3, 0.4) is 0 Å². The summed E-state index contributed by atoms with van der Waals surface area (Å²) in [6.45, 7) is 3.95. The fourth-order valence-electron chi connectivity index (χ4n) is 2.56. The number of imidazole rings is 1. The van der Waals surface area contributed by atoms with Gasteiger partial charge in [-0.1, -0.05) is 30.1 Å². The Hall–Kier alpha value is -1.55. The van der Waals surface area contributed by atoms with E-state index >= 15 is 0 Å². The minimum Gasteiger partial charge on any atom is -0.387 e. The number of pyridine rings is 1. The molecule has 22 heavy (non-hydrogen) atoms. The maximum absolute atomic E-state index is 10.4. The number of aromatic nitrogens is 2. The standard InChI is InChI=1S/C17H16Cl2N2O/c1-3-14(22)17-16(12-5-4-11(18)9-13(12)19)20-15-8-10(2)6-7-21(15)17/h4-9,14,22H,3H2,1-2H3. The zero-order chi connectivity index (χ0) is 15.9. The molecule has 1 aromatic carbocycles. The highest BCUT2D eigenvalue weighted by atomic mass is 35.5. The Morgan fingerprint density at radius 1 is 1.23 bits per heavy atom. The first kappa shape index (κ1) is 15.3. The van der Waals surface area contributed by atoms with Crippen molar-refractivity contribution in [3.05, 3.63) is 57.8 Å². The molecule has 3 rings (SSSR count). The highest BCUT2D eigenvalue weighted by Crippen LogP contribution is 2.35. The molecule has 0 radical (unpaired) electrons. The summed E-state index contributed by atoms with van der Waals surface area (Å²) in [6, 6.07) is 9.29. The summed E-state index contributed by atoms with van der Waals surface area (Å²) in [5, 5.41) is 11.5. The van der Waals surface area contributed by atoms with Crippen LogP contribution in [0.25, 0.3) is 16.9 Å². The second kappa shape index (κ2) is 5.92. The number of hydrogen-bond donors (Lipinski definition) is 1. The fraction of sp³-hybridized carbons (Fsp3) is 0.235. The van der Waals surface area contributed by atoms with Gasteiger partial charge in [0, 0.05) is 16.8 Å². The van der Waals surface area contributed by atoms with Crippen LogP contribution in [0.2, 0.25) is 10.0 Å². The van der Waals surface area contributed by atoms with E-state index in [2.05, 4.69) is 4.98 Å². The monoisotopic (exact) mass is 334 g/mol. The Morgan fingerprint density at radius 2 is 2.00 bits per heavy atom. The van der Waals surface area contributed by atoms with Gasteiger partial charge in [0.15, 0.2) is 0 Å². The molecule has 0 aliphatic rings. The first-order valence-corrected chi connectivity index (χ1v) is 7.89. The molecule has 2 aromatic heterocycles. The smallest absolute Gasteiger partial charge is 0.138 e. The minimum atomic E-state index is -0.612. The van der Waals surface area contributed by atoms with Crippen LogP contribution in [-0.4, -0.2) is 14.5 Å². The summed E-state index contributed by atoms with van der Waals surface area (Å²) in [5.41, 5.74) is 4.13. The normalized spacial score (nSPS) is 12.8. The van der Waals surface area contributed by atoms with E-state index in [4.69, 9.17) is 23.2 Å². The Bertz CT molecular complexity index is 842. The quantitative estimate of drug-likeness (QED) is 0.726. The molecular formula is C17H16Cl2N2O. The maximum Gasteiger partial charge on any atom is 0.138 e. The van der Waals surface area contributed by atoms with E-state index in [9.17, 15) is 5.11 Å². The van der Waals surface area contributed by atoms with E-state index in [1.807, 2.05) is 42.6 Å². The van der Waals surface area contributed by atoms with E-state index in [0.29, 0.717) is 22.2 Å². The van der Waals surface area contributed by atoms with Crippen molar-refractivity contribution in [2.75, 3.05) is 0 Å². The van der Waals surface area contributed by atoms with Gasteiger partial charge in [0.1, 0.15) is 5.65 Å². The molecule has 0 aliphatic heterocycles. The molecule has 0 saturated carbocycles. The van der Waals surface area contributed by atoms with Crippen molar-refractivity contribution in [1.29, 1.82) is 0 Å². The van der Waals surface area contributed by atoms with Gasteiger partial charge in [-0.05, 0) is 49.2 Å². The average molecular weight is 335 g/mol. The molecule has 0 saturated heterocycles. The second-order valence-corrected chi connectivity index (χ2v) is 6.17. The van der Waals surface area contributed by atoms with Crippen molar-refractivity contribution >= 4 is 28.8 Å². The lowest BCUT2D eigenvalue weighted by Crippen LogP contribution is -2.02. The molecule has 1 N–H and O–H groups in total. The van der Waals surface area contributed by atoms with Gasteiger partial charge in [0.25, 0.3) is 0 Å². The second-order valence-electron chi connectivity index (χ2n) is 5.33. The van der Waals surface area contributed by atoms with Gasteiger partial charge in [0.05, 0.1) is 22.5 Å². The molecule has 0 amide bonds. The molecule has 3 aromatic rings. The van der Waals surface area contributed by atoms with E-state index in [1.165, 1.54) is 0 Å². The summed E-state index contributed by atoms with van der Waals surface area (Å²) in [6.07, 6.45) is 1.92. The van der Waals surface area contributed by atoms with Gasteiger partial charge in [-0.3, -0.25) is 0 Å². The number of nitrogens with zero attached hydrogens (tertiary/aromatic N) is 2. The Kier molecular flexibility index (Phi) is 4.13. The van der Waals surface area contributed by atoms with Gasteiger partial charge in [-0.15, -0.1) is 0 Å². The topological polar surface area (TPSA) is 37.5 Å². The van der Waals surface area contributed by atoms with Gasteiger partial charge in [0.2, 0.25) is 0 Å². The Labute approximate surface area is 139 Å². The molecule has 1 atom stereocenters. The summed E-state index contributed by atoms with van der Waals surface area (Å²) >= 11 is 12.3. The number of fused-ring (bicyclic) bond motifs is 1. The third kappa shape index (κ3) is 2.60. The first-order valence-electron chi connectivity index (χ1n) is 7.13. The van der Waals surface area contributed by atoms with Crippen molar-refractivity contribution in [2.45, 2.75) is 26.4 Å². The van der Waals surface area contributed by atoms with E-state index in [1.54, 1.807) is 12.1 Å². The maximum atomic E-state index is 10.4. The Balaban J connectivity index is 2.32. The highest BCUT2D eigenvalue weighted by Gasteiger charge is 2.21. The molecule has 0 aliphatic carbocycles. The number of halogens is 2. The lowest BCUT2D eigenvalue weighted by atomic mass is 10.1. The molecule has 0 fully saturated rings. The van der Waals surface area contributed by atoms with Crippen molar-refractivity contribution in [2.24, 2.45) is 0 Å². The zero-order valence-corrected chi connectivity index (χ0v) is 13.9. The van der Waals surface area contributed by atoms with Crippen LogP contribution < -0.4 is 0 Å². The van der Waals surface area contributed by atoms with Crippen LogP contribution >= 0.6 is 23.2 Å². The van der Waals surface area contributed by atoms with Crippen LogP contribution in [0, 0.1) is 6.92 Å². The number of rotatable bonds is 3. The lowest BCUT2D eigenvalue weighted by Gasteiger charge is -2.11. The predicted molar refractivity (Wildman–Crippen MR) is 90.6 cm³/mol.